The number of nitrogens with zero attached hydrogens (tertiary/aromatic N) is 2. The summed E-state index contributed by atoms with van der Waals surface area (Å²) in [6.07, 6.45) is 4.84. The zero-order valence-electron chi connectivity index (χ0n) is 4.99. The summed E-state index contributed by atoms with van der Waals surface area (Å²) in [6.45, 7) is 0. The molecule has 0 N–H and O–H groups in total. The molecule has 0 saturated heterocycles. The second-order valence-corrected chi connectivity index (χ2v) is 2.04. The first-order valence-electron chi connectivity index (χ1n) is 2.99. The van der Waals surface area contributed by atoms with Crippen molar-refractivity contribution >= 4 is 6.21 Å². The van der Waals surface area contributed by atoms with E-state index in [1.807, 2.05) is 29.2 Å². The molecular formula is C7H7N2+. The van der Waals surface area contributed by atoms with Crippen LogP contribution >= 0.6 is 0 Å². The van der Waals surface area contributed by atoms with Crippen LogP contribution in [0.4, 0.5) is 0 Å². The van der Waals surface area contributed by atoms with Gasteiger partial charge >= 0.3 is 0 Å². The quantitative estimate of drug-likeness (QED) is 0.438. The van der Waals surface area contributed by atoms with E-state index >= 15 is 0 Å². The molecule has 1 aromatic rings. The van der Waals surface area contributed by atoms with Crippen LogP contribution in [0, 0.1) is 0 Å². The Bertz CT molecular complexity index is 253. The van der Waals surface area contributed by atoms with Crippen LogP contribution in [0.25, 0.3) is 0 Å². The van der Waals surface area contributed by atoms with E-state index in [2.05, 4.69) is 11.2 Å². The molecule has 0 fully saturated rings. The predicted octanol–water partition coefficient (Wildman–Crippen LogP) is 0.364. The number of fused-ring (bicyclic) bond motifs is 1. The molecule has 0 atom stereocenters. The Morgan fingerprint density at radius 3 is 3.33 bits per heavy atom. The molecule has 2 nitrogen and oxygen atoms in total. The molecule has 1 aliphatic rings. The van der Waals surface area contributed by atoms with Gasteiger partial charge in [-0.15, -0.1) is 0 Å². The number of aromatic nitrogens is 1. The second-order valence-electron chi connectivity index (χ2n) is 2.04. The standard InChI is InChI=1S/C7H7N2/c1-2-6-9-7(3-1)4-5-8-9/h1-3,5-6H,4H2/q+1. The molecule has 0 aliphatic carbocycles. The lowest BCUT2D eigenvalue weighted by atomic mass is 10.3. The fourth-order valence-electron chi connectivity index (χ4n) is 0.966. The molecule has 0 aromatic carbocycles. The topological polar surface area (TPSA) is 16.2 Å². The maximum Gasteiger partial charge on any atom is 0.220 e. The van der Waals surface area contributed by atoms with Gasteiger partial charge in [-0.05, 0) is 11.2 Å². The highest BCUT2D eigenvalue weighted by Crippen LogP contribution is 1.94. The summed E-state index contributed by atoms with van der Waals surface area (Å²) in [5.41, 5.74) is 1.26. The third-order valence-corrected chi connectivity index (χ3v) is 1.43. The van der Waals surface area contributed by atoms with Crippen LogP contribution in [0.2, 0.25) is 0 Å². The molecule has 0 spiro atoms. The molecule has 0 unspecified atom stereocenters. The molecular weight excluding hydrogens is 112 g/mol. The largest absolute Gasteiger partial charge is 0.220 e. The van der Waals surface area contributed by atoms with Gasteiger partial charge in [0.15, 0.2) is 0 Å². The predicted molar refractivity (Wildman–Crippen MR) is 34.2 cm³/mol. The van der Waals surface area contributed by atoms with E-state index < -0.39 is 0 Å². The molecule has 0 amide bonds. The third kappa shape index (κ3) is 0.633. The van der Waals surface area contributed by atoms with Crippen molar-refractivity contribution in [1.29, 1.82) is 0 Å². The summed E-state index contributed by atoms with van der Waals surface area (Å²) in [5.74, 6) is 0. The van der Waals surface area contributed by atoms with Crippen LogP contribution in [-0.4, -0.2) is 6.21 Å². The van der Waals surface area contributed by atoms with Gasteiger partial charge in [-0.1, -0.05) is 4.68 Å². The van der Waals surface area contributed by atoms with E-state index in [0.717, 1.165) is 6.42 Å². The lowest BCUT2D eigenvalue weighted by Gasteiger charge is -1.82. The highest BCUT2D eigenvalue weighted by Gasteiger charge is 2.11. The van der Waals surface area contributed by atoms with Gasteiger partial charge in [0.25, 0.3) is 0 Å². The first-order chi connectivity index (χ1) is 4.47. The molecule has 2 heterocycles. The summed E-state index contributed by atoms with van der Waals surface area (Å²) in [7, 11) is 0. The Hall–Kier alpha value is -1.18. The normalized spacial score (nSPS) is 13.8. The first kappa shape index (κ1) is 4.68. The van der Waals surface area contributed by atoms with Crippen molar-refractivity contribution < 1.29 is 4.68 Å². The maximum atomic E-state index is 4.09. The Morgan fingerprint density at radius 2 is 2.44 bits per heavy atom. The van der Waals surface area contributed by atoms with Crippen LogP contribution in [0.3, 0.4) is 0 Å². The van der Waals surface area contributed by atoms with Crippen LogP contribution in [-0.2, 0) is 6.42 Å². The van der Waals surface area contributed by atoms with E-state index in [1.54, 1.807) is 0 Å². The number of hydrogen-bond acceptors (Lipinski definition) is 1. The highest BCUT2D eigenvalue weighted by molar-refractivity contribution is 5.60. The Balaban J connectivity index is 2.63. The highest BCUT2D eigenvalue weighted by atomic mass is 15.3. The minimum atomic E-state index is 0.973. The zero-order chi connectivity index (χ0) is 6.10. The van der Waals surface area contributed by atoms with Crippen molar-refractivity contribution in [2.24, 2.45) is 5.10 Å². The Kier molecular flexibility index (Phi) is 0.859. The van der Waals surface area contributed by atoms with Gasteiger partial charge in [0.2, 0.25) is 11.9 Å². The van der Waals surface area contributed by atoms with Crippen molar-refractivity contribution in [3.63, 3.8) is 0 Å². The summed E-state index contributed by atoms with van der Waals surface area (Å²) in [5, 5.41) is 4.09. The minimum Gasteiger partial charge on any atom is -0.0567 e. The molecule has 1 aromatic heterocycles. The molecule has 44 valence electrons. The average molecular weight is 119 g/mol. The van der Waals surface area contributed by atoms with Crippen molar-refractivity contribution in [1.82, 2.24) is 0 Å². The van der Waals surface area contributed by atoms with E-state index in [1.165, 1.54) is 5.69 Å². The lowest BCUT2D eigenvalue weighted by molar-refractivity contribution is -0.680. The van der Waals surface area contributed by atoms with Gasteiger partial charge in [-0.3, -0.25) is 0 Å². The van der Waals surface area contributed by atoms with E-state index in [9.17, 15) is 0 Å². The second kappa shape index (κ2) is 1.65. The first-order valence-corrected chi connectivity index (χ1v) is 2.99. The lowest BCUT2D eigenvalue weighted by Crippen LogP contribution is -2.27. The summed E-state index contributed by atoms with van der Waals surface area (Å²) in [6, 6.07) is 6.08. The van der Waals surface area contributed by atoms with Gasteiger partial charge in [0, 0.05) is 12.1 Å². The number of hydrogen-bond donors (Lipinski definition) is 0. The summed E-state index contributed by atoms with van der Waals surface area (Å²) < 4.78 is 1.89. The SMILES string of the molecule is C1=N[n+]2ccccc2C1. The smallest absolute Gasteiger partial charge is 0.0567 e. The van der Waals surface area contributed by atoms with Gasteiger partial charge in [0.1, 0.15) is 0 Å². The van der Waals surface area contributed by atoms with E-state index in [0.29, 0.717) is 0 Å². The molecule has 0 bridgehead atoms. The summed E-state index contributed by atoms with van der Waals surface area (Å²) >= 11 is 0. The molecule has 2 rings (SSSR count). The molecule has 1 aliphatic heterocycles. The van der Waals surface area contributed by atoms with E-state index in [4.69, 9.17) is 0 Å². The molecule has 9 heavy (non-hydrogen) atoms. The van der Waals surface area contributed by atoms with Crippen molar-refractivity contribution in [3.05, 3.63) is 30.1 Å². The van der Waals surface area contributed by atoms with Crippen LogP contribution in [0.15, 0.2) is 29.5 Å². The molecule has 2 heteroatoms. The van der Waals surface area contributed by atoms with Gasteiger partial charge in [-0.2, -0.15) is 0 Å². The Morgan fingerprint density at radius 1 is 1.44 bits per heavy atom. The van der Waals surface area contributed by atoms with Crippen molar-refractivity contribution in [2.45, 2.75) is 6.42 Å². The monoisotopic (exact) mass is 119 g/mol. The fourth-order valence-corrected chi connectivity index (χ4v) is 0.966. The summed E-state index contributed by atoms with van der Waals surface area (Å²) in [4.78, 5) is 0. The van der Waals surface area contributed by atoms with E-state index in [-0.39, 0.29) is 0 Å². The van der Waals surface area contributed by atoms with Crippen LogP contribution in [0.5, 0.6) is 0 Å². The van der Waals surface area contributed by atoms with Crippen molar-refractivity contribution in [2.75, 3.05) is 0 Å². The maximum absolute atomic E-state index is 4.09. The molecule has 0 radical (unpaired) electrons. The average Bonchev–Trinajstić information content (AvgIpc) is 2.33. The van der Waals surface area contributed by atoms with Crippen LogP contribution in [0.1, 0.15) is 5.69 Å². The zero-order valence-corrected chi connectivity index (χ0v) is 4.99. The Labute approximate surface area is 53.5 Å². The molecule has 0 saturated carbocycles. The number of rotatable bonds is 0. The number of pyridine rings is 1. The van der Waals surface area contributed by atoms with Crippen LogP contribution < -0.4 is 4.68 Å². The van der Waals surface area contributed by atoms with Gasteiger partial charge < -0.3 is 0 Å². The minimum absolute atomic E-state index is 0.973. The third-order valence-electron chi connectivity index (χ3n) is 1.43. The van der Waals surface area contributed by atoms with Crippen molar-refractivity contribution in [3.8, 4) is 0 Å². The van der Waals surface area contributed by atoms with Gasteiger partial charge in [-0.25, -0.2) is 0 Å². The van der Waals surface area contributed by atoms with Gasteiger partial charge in [0.05, 0.1) is 12.6 Å². The fraction of sp³-hybridized carbons (Fsp3) is 0.143.